The average Bonchev–Trinajstić information content (AvgIpc) is 0.722. The first kappa shape index (κ1) is 17.1. The Morgan fingerprint density at radius 2 is 1.57 bits per heavy atom. The van der Waals surface area contributed by atoms with E-state index < -0.39 is 7.28 Å². The number of rotatable bonds is 0. The summed E-state index contributed by atoms with van der Waals surface area (Å²) in [5, 5.41) is 0. The molecule has 0 saturated heterocycles. The number of hydrogen-bond donors (Lipinski definition) is 1. The van der Waals surface area contributed by atoms with Crippen molar-refractivity contribution in [1.82, 2.24) is 0 Å². The predicted molar refractivity (Wildman–Crippen MR) is 18.1 cm³/mol. The summed E-state index contributed by atoms with van der Waals surface area (Å²) in [4.78, 5) is 16.6. The third kappa shape index (κ3) is 40.9. The van der Waals surface area contributed by atoms with Gasteiger partial charge in [-0.1, -0.05) is 0 Å². The molecule has 0 aliphatic rings. The molecule has 0 saturated carbocycles. The molecule has 0 heterocycles. The molecule has 0 bridgehead atoms. The molecular weight excluding hydrogens is 188 g/mol. The van der Waals surface area contributed by atoms with Crippen LogP contribution in [0.15, 0.2) is 0 Å². The Bertz CT molecular complexity index is 57.1. The smallest absolute Gasteiger partial charge is 0.802 e. The Balaban J connectivity index is -0.0000000800. The minimum Gasteiger partial charge on any atom is -0.802 e. The topological polar surface area (TPSA) is 60.4 Å². The predicted octanol–water partition coefficient (Wildman–Crippen LogP) is -6.40. The second-order valence-electron chi connectivity index (χ2n) is 0.520. The van der Waals surface area contributed by atoms with E-state index in [-0.39, 0.29) is 103 Å². The van der Waals surface area contributed by atoms with Crippen molar-refractivity contribution < 1.29 is 117 Å². The van der Waals surface area contributed by atoms with Crippen molar-refractivity contribution in [2.45, 2.75) is 0 Å². The van der Waals surface area contributed by atoms with Gasteiger partial charge in [-0.2, -0.15) is 0 Å². The molecule has 7 heavy (non-hydrogen) atoms. The molecule has 0 aromatic rings. The Labute approximate surface area is 129 Å². The van der Waals surface area contributed by atoms with E-state index in [1.807, 2.05) is 8.93 Å². The van der Waals surface area contributed by atoms with Crippen LogP contribution in [0.4, 0.5) is 0 Å². The zero-order chi connectivity index (χ0) is 4.50. The van der Waals surface area contributed by atoms with Crippen molar-refractivity contribution in [3.8, 4) is 0 Å². The van der Waals surface area contributed by atoms with E-state index in [1.165, 1.54) is 0 Å². The van der Waals surface area contributed by atoms with Gasteiger partial charge in [-0.05, 0) is 7.28 Å². The van der Waals surface area contributed by atoms with Crippen molar-refractivity contribution >= 4 is 16.2 Å². The molecule has 0 aliphatic heterocycles. The Hall–Kier alpha value is 3.85. The summed E-state index contributed by atoms with van der Waals surface area (Å²) in [6, 6.07) is 0. The van der Waals surface area contributed by atoms with Gasteiger partial charge in [0.1, 0.15) is 0 Å². The van der Waals surface area contributed by atoms with Gasteiger partial charge in [0, 0.05) is 0 Å². The molecule has 7 heteroatoms. The van der Waals surface area contributed by atoms with Crippen LogP contribution < -0.4 is 108 Å². The van der Waals surface area contributed by atoms with Crippen LogP contribution in [-0.4, -0.2) is 4.89 Å². The average molecular weight is 190 g/mol. The first-order valence-electron chi connectivity index (χ1n) is 0.789. The summed E-state index contributed by atoms with van der Waals surface area (Å²) >= 11 is 0. The third-order valence-corrected chi connectivity index (χ3v) is 0. The minimum absolute atomic E-state index is 0. The maximum absolute atomic E-state index is 9.13. The molecule has 0 aliphatic carbocycles. The SMILES string of the molecule is O=P([O-])(O)[PH-].[K+].[K+]. The Kier molecular flexibility index (Phi) is 19.4. The summed E-state index contributed by atoms with van der Waals surface area (Å²) in [6.45, 7) is 0. The standard InChI is InChI=1S/2K.H3O3P2/c;;1-5(2,3)4/h;;4H,(H2,1,2,3)/q2*+1;-1/p-1. The van der Waals surface area contributed by atoms with E-state index in [0.717, 1.165) is 0 Å². The van der Waals surface area contributed by atoms with Gasteiger partial charge in [0.05, 0.1) is 0 Å². The van der Waals surface area contributed by atoms with Crippen LogP contribution in [0, 0.1) is 0 Å². The van der Waals surface area contributed by atoms with Crippen LogP contribution in [0.25, 0.3) is 0 Å². The van der Waals surface area contributed by atoms with Gasteiger partial charge in [0.2, 0.25) is 0 Å². The summed E-state index contributed by atoms with van der Waals surface area (Å²) in [7, 11) is -2.11. The summed E-state index contributed by atoms with van der Waals surface area (Å²) < 4.78 is 9.13. The molecule has 0 radical (unpaired) electrons. The molecule has 1 N–H and O–H groups in total. The van der Waals surface area contributed by atoms with Gasteiger partial charge in [-0.25, -0.2) is 0 Å². The Morgan fingerprint density at radius 3 is 1.57 bits per heavy atom. The zero-order valence-electron chi connectivity index (χ0n) is 4.21. The van der Waals surface area contributed by atoms with E-state index in [0.29, 0.717) is 0 Å². The molecule has 0 rings (SSSR count). The van der Waals surface area contributed by atoms with Gasteiger partial charge in [-0.15, -0.1) is 0 Å². The molecule has 0 aromatic carbocycles. The molecule has 0 aromatic heterocycles. The van der Waals surface area contributed by atoms with Gasteiger partial charge in [0.15, 0.2) is 0 Å². The monoisotopic (exact) mass is 190 g/mol. The molecule has 1 unspecified atom stereocenters. The van der Waals surface area contributed by atoms with E-state index in [4.69, 9.17) is 14.4 Å². The second kappa shape index (κ2) is 7.95. The van der Waals surface area contributed by atoms with Crippen LogP contribution >= 0.6 is 16.2 Å². The molecule has 32 valence electrons. The molecule has 0 amide bonds. The summed E-state index contributed by atoms with van der Waals surface area (Å²) in [5.74, 6) is 0. The fourth-order valence-electron chi connectivity index (χ4n) is 0. The van der Waals surface area contributed by atoms with Gasteiger partial charge >= 0.3 is 103 Å². The van der Waals surface area contributed by atoms with Crippen molar-refractivity contribution in [2.75, 3.05) is 0 Å². The fraction of sp³-hybridized carbons (Fsp3) is 0. The van der Waals surface area contributed by atoms with Gasteiger partial charge < -0.3 is 23.3 Å². The van der Waals surface area contributed by atoms with Crippen molar-refractivity contribution in [3.63, 3.8) is 0 Å². The summed E-state index contributed by atoms with van der Waals surface area (Å²) in [5.41, 5.74) is 0. The van der Waals surface area contributed by atoms with Crippen molar-refractivity contribution in [3.05, 3.63) is 0 Å². The largest absolute Gasteiger partial charge is 1.00 e. The third-order valence-electron chi connectivity index (χ3n) is 0. The van der Waals surface area contributed by atoms with Crippen molar-refractivity contribution in [1.29, 1.82) is 0 Å². The molecule has 0 spiro atoms. The zero-order valence-corrected chi connectivity index (χ0v) is 12.4. The normalized spacial score (nSPS) is 15.3. The Morgan fingerprint density at radius 1 is 1.57 bits per heavy atom. The van der Waals surface area contributed by atoms with Crippen LogP contribution in [0.3, 0.4) is 0 Å². The number of hydrogen-bond acceptors (Lipinski definition) is 2. The first-order chi connectivity index (χ1) is 2.00. The van der Waals surface area contributed by atoms with E-state index in [1.54, 1.807) is 0 Å². The van der Waals surface area contributed by atoms with E-state index in [2.05, 4.69) is 0 Å². The first-order valence-corrected chi connectivity index (χ1v) is 3.71. The molecule has 3 nitrogen and oxygen atoms in total. The van der Waals surface area contributed by atoms with Crippen molar-refractivity contribution in [2.24, 2.45) is 0 Å². The molecular formula is H2K2O3P2. The summed E-state index contributed by atoms with van der Waals surface area (Å²) in [6.07, 6.45) is 0. The second-order valence-corrected chi connectivity index (χ2v) is 3.26. The molecule has 1 atom stereocenters. The van der Waals surface area contributed by atoms with Gasteiger partial charge in [-0.3, -0.25) is 0 Å². The van der Waals surface area contributed by atoms with Crippen LogP contribution in [0.1, 0.15) is 0 Å². The van der Waals surface area contributed by atoms with E-state index >= 15 is 0 Å². The maximum Gasteiger partial charge on any atom is 1.00 e. The fourth-order valence-corrected chi connectivity index (χ4v) is 0. The quantitative estimate of drug-likeness (QED) is 0.305. The van der Waals surface area contributed by atoms with E-state index in [9.17, 15) is 0 Å². The molecule has 0 fully saturated rings. The van der Waals surface area contributed by atoms with Crippen LogP contribution in [-0.2, 0) is 4.57 Å². The minimum atomic E-state index is -4.08. The van der Waals surface area contributed by atoms with Gasteiger partial charge in [0.25, 0.3) is 0 Å². The van der Waals surface area contributed by atoms with Crippen LogP contribution in [0.2, 0.25) is 0 Å². The van der Waals surface area contributed by atoms with Crippen LogP contribution in [0.5, 0.6) is 0 Å². The maximum atomic E-state index is 9.13.